The minimum absolute atomic E-state index is 0.0127. The summed E-state index contributed by atoms with van der Waals surface area (Å²) < 4.78 is 5.32. The van der Waals surface area contributed by atoms with Crippen molar-refractivity contribution in [3.63, 3.8) is 0 Å². The number of morpholine rings is 1. The molecule has 1 rings (SSSR count). The number of hydrogen-bond donors (Lipinski definition) is 1. The Labute approximate surface area is 61.6 Å². The Morgan fingerprint density at radius 3 is 2.80 bits per heavy atom. The van der Waals surface area contributed by atoms with Crippen molar-refractivity contribution in [2.75, 3.05) is 26.7 Å². The minimum Gasteiger partial charge on any atom is -0.391 e. The van der Waals surface area contributed by atoms with E-state index in [9.17, 15) is 0 Å². The van der Waals surface area contributed by atoms with Crippen molar-refractivity contribution < 1.29 is 9.84 Å². The molecule has 10 heavy (non-hydrogen) atoms. The third-order valence-corrected chi connectivity index (χ3v) is 1.83. The van der Waals surface area contributed by atoms with Gasteiger partial charge in [-0.05, 0) is 14.0 Å². The van der Waals surface area contributed by atoms with Gasteiger partial charge in [0.1, 0.15) is 0 Å². The highest BCUT2D eigenvalue weighted by molar-refractivity contribution is 4.72. The van der Waals surface area contributed by atoms with Crippen LogP contribution >= 0.6 is 0 Å². The van der Waals surface area contributed by atoms with Crippen LogP contribution < -0.4 is 0 Å². The Morgan fingerprint density at radius 1 is 1.70 bits per heavy atom. The SMILES string of the molecule is C[C@H](O)[C@H]1CN(C)CCO1. The molecule has 0 unspecified atom stereocenters. The average molecular weight is 145 g/mol. The molecular weight excluding hydrogens is 130 g/mol. The van der Waals surface area contributed by atoms with E-state index in [1.54, 1.807) is 6.92 Å². The molecule has 1 aliphatic heterocycles. The first-order valence-corrected chi connectivity index (χ1v) is 3.68. The van der Waals surface area contributed by atoms with Gasteiger partial charge in [-0.3, -0.25) is 0 Å². The lowest BCUT2D eigenvalue weighted by Gasteiger charge is -2.31. The Hall–Kier alpha value is -0.120. The standard InChI is InChI=1S/C7H15NO2/c1-6(9)7-5-8(2)3-4-10-7/h6-7,9H,3-5H2,1-2H3/t6-,7+/m0/s1. The first kappa shape index (κ1) is 7.98. The number of aliphatic hydroxyl groups excluding tert-OH is 1. The van der Waals surface area contributed by atoms with Gasteiger partial charge in [0.2, 0.25) is 0 Å². The molecule has 0 radical (unpaired) electrons. The van der Waals surface area contributed by atoms with Crippen LogP contribution in [0, 0.1) is 0 Å². The number of rotatable bonds is 1. The lowest BCUT2D eigenvalue weighted by molar-refractivity contribution is -0.0767. The van der Waals surface area contributed by atoms with Gasteiger partial charge >= 0.3 is 0 Å². The first-order chi connectivity index (χ1) is 4.70. The largest absolute Gasteiger partial charge is 0.391 e. The summed E-state index contributed by atoms with van der Waals surface area (Å²) in [6.45, 7) is 4.33. The summed E-state index contributed by atoms with van der Waals surface area (Å²) in [5.74, 6) is 0. The predicted octanol–water partition coefficient (Wildman–Crippen LogP) is -0.302. The second kappa shape index (κ2) is 3.32. The molecule has 0 bridgehead atoms. The second-order valence-corrected chi connectivity index (χ2v) is 2.91. The smallest absolute Gasteiger partial charge is 0.0958 e. The van der Waals surface area contributed by atoms with E-state index in [1.807, 2.05) is 7.05 Å². The van der Waals surface area contributed by atoms with Crippen LogP contribution in [-0.4, -0.2) is 49.0 Å². The van der Waals surface area contributed by atoms with E-state index >= 15 is 0 Å². The van der Waals surface area contributed by atoms with Crippen LogP contribution in [-0.2, 0) is 4.74 Å². The van der Waals surface area contributed by atoms with Crippen LogP contribution in [0.15, 0.2) is 0 Å². The molecule has 1 N–H and O–H groups in total. The summed E-state index contributed by atoms with van der Waals surface area (Å²) >= 11 is 0. The maximum Gasteiger partial charge on any atom is 0.0958 e. The normalized spacial score (nSPS) is 32.1. The molecule has 0 aromatic carbocycles. The first-order valence-electron chi connectivity index (χ1n) is 3.68. The summed E-state index contributed by atoms with van der Waals surface area (Å²) in [7, 11) is 2.04. The number of hydrogen-bond acceptors (Lipinski definition) is 3. The fourth-order valence-corrected chi connectivity index (χ4v) is 1.10. The zero-order valence-electron chi connectivity index (χ0n) is 6.58. The monoisotopic (exact) mass is 145 g/mol. The molecule has 0 aliphatic carbocycles. The molecule has 2 atom stereocenters. The number of ether oxygens (including phenoxy) is 1. The Kier molecular flexibility index (Phi) is 2.65. The van der Waals surface area contributed by atoms with E-state index < -0.39 is 0 Å². The van der Waals surface area contributed by atoms with E-state index in [-0.39, 0.29) is 12.2 Å². The van der Waals surface area contributed by atoms with Crippen LogP contribution in [0.25, 0.3) is 0 Å². The second-order valence-electron chi connectivity index (χ2n) is 2.91. The summed E-state index contributed by atoms with van der Waals surface area (Å²) in [6, 6.07) is 0. The molecule has 0 aromatic heterocycles. The summed E-state index contributed by atoms with van der Waals surface area (Å²) in [4.78, 5) is 2.17. The highest BCUT2D eigenvalue weighted by Gasteiger charge is 2.21. The lowest BCUT2D eigenvalue weighted by Crippen LogP contribution is -2.44. The van der Waals surface area contributed by atoms with Crippen molar-refractivity contribution in [2.24, 2.45) is 0 Å². The Balaban J connectivity index is 2.32. The van der Waals surface area contributed by atoms with E-state index in [1.165, 1.54) is 0 Å². The third-order valence-electron chi connectivity index (χ3n) is 1.83. The molecule has 0 amide bonds. The van der Waals surface area contributed by atoms with Gasteiger partial charge in [-0.2, -0.15) is 0 Å². The summed E-state index contributed by atoms with van der Waals surface area (Å²) in [6.07, 6.45) is -0.332. The zero-order valence-corrected chi connectivity index (χ0v) is 6.58. The molecule has 3 heteroatoms. The van der Waals surface area contributed by atoms with Gasteiger partial charge in [-0.25, -0.2) is 0 Å². The van der Waals surface area contributed by atoms with Crippen LogP contribution in [0.3, 0.4) is 0 Å². The maximum atomic E-state index is 9.14. The Bertz CT molecular complexity index is 106. The highest BCUT2D eigenvalue weighted by atomic mass is 16.5. The molecule has 1 aliphatic rings. The molecular formula is C7H15NO2. The molecule has 1 saturated heterocycles. The van der Waals surface area contributed by atoms with E-state index in [0.717, 1.165) is 19.7 Å². The Morgan fingerprint density at radius 2 is 2.40 bits per heavy atom. The van der Waals surface area contributed by atoms with Crippen molar-refractivity contribution in [2.45, 2.75) is 19.1 Å². The van der Waals surface area contributed by atoms with Gasteiger partial charge in [0, 0.05) is 13.1 Å². The number of nitrogens with zero attached hydrogens (tertiary/aromatic N) is 1. The van der Waals surface area contributed by atoms with Crippen LogP contribution in [0.2, 0.25) is 0 Å². The number of aliphatic hydroxyl groups is 1. The van der Waals surface area contributed by atoms with Gasteiger partial charge in [0.05, 0.1) is 18.8 Å². The third kappa shape index (κ3) is 1.94. The van der Waals surface area contributed by atoms with Crippen molar-refractivity contribution in [1.82, 2.24) is 4.90 Å². The fraction of sp³-hybridized carbons (Fsp3) is 1.00. The van der Waals surface area contributed by atoms with Gasteiger partial charge in [-0.15, -0.1) is 0 Å². The maximum absolute atomic E-state index is 9.14. The number of likely N-dealkylation sites (N-methyl/N-ethyl adjacent to an activating group) is 1. The van der Waals surface area contributed by atoms with Gasteiger partial charge < -0.3 is 14.7 Å². The fourth-order valence-electron chi connectivity index (χ4n) is 1.10. The van der Waals surface area contributed by atoms with Crippen LogP contribution in [0.5, 0.6) is 0 Å². The quantitative estimate of drug-likeness (QED) is 0.550. The predicted molar refractivity (Wildman–Crippen MR) is 38.9 cm³/mol. The molecule has 1 fully saturated rings. The van der Waals surface area contributed by atoms with E-state index in [4.69, 9.17) is 9.84 Å². The zero-order chi connectivity index (χ0) is 7.56. The molecule has 3 nitrogen and oxygen atoms in total. The van der Waals surface area contributed by atoms with Crippen molar-refractivity contribution in [3.8, 4) is 0 Å². The molecule has 0 spiro atoms. The minimum atomic E-state index is -0.345. The van der Waals surface area contributed by atoms with Crippen LogP contribution in [0.4, 0.5) is 0 Å². The molecule has 60 valence electrons. The van der Waals surface area contributed by atoms with Gasteiger partial charge in [0.25, 0.3) is 0 Å². The van der Waals surface area contributed by atoms with Crippen LogP contribution in [0.1, 0.15) is 6.92 Å². The van der Waals surface area contributed by atoms with Crippen molar-refractivity contribution in [1.29, 1.82) is 0 Å². The molecule has 1 heterocycles. The topological polar surface area (TPSA) is 32.7 Å². The van der Waals surface area contributed by atoms with Crippen molar-refractivity contribution >= 4 is 0 Å². The summed E-state index contributed by atoms with van der Waals surface area (Å²) in [5, 5.41) is 9.14. The van der Waals surface area contributed by atoms with Gasteiger partial charge in [-0.1, -0.05) is 0 Å². The van der Waals surface area contributed by atoms with Crippen molar-refractivity contribution in [3.05, 3.63) is 0 Å². The molecule has 0 saturated carbocycles. The highest BCUT2D eigenvalue weighted by Crippen LogP contribution is 2.06. The van der Waals surface area contributed by atoms with Gasteiger partial charge in [0.15, 0.2) is 0 Å². The van der Waals surface area contributed by atoms with E-state index in [0.29, 0.717) is 0 Å². The molecule has 0 aromatic rings. The van der Waals surface area contributed by atoms with E-state index in [2.05, 4.69) is 4.90 Å². The average Bonchev–Trinajstić information content (AvgIpc) is 1.88. The lowest BCUT2D eigenvalue weighted by atomic mass is 10.2. The summed E-state index contributed by atoms with van der Waals surface area (Å²) in [5.41, 5.74) is 0.